The number of aromatic amines is 1. The third kappa shape index (κ3) is 4.00. The second-order valence-electron chi connectivity index (χ2n) is 6.47. The van der Waals surface area contributed by atoms with E-state index in [1.807, 2.05) is 54.6 Å². The molecule has 0 fully saturated rings. The molecule has 0 aliphatic carbocycles. The van der Waals surface area contributed by atoms with Crippen LogP contribution in [0.4, 0.5) is 5.69 Å². The number of benzene rings is 3. The molecular formula is C23H20N4O3. The van der Waals surface area contributed by atoms with E-state index in [-0.39, 0.29) is 5.91 Å². The average molecular weight is 400 g/mol. The van der Waals surface area contributed by atoms with Gasteiger partial charge in [0, 0.05) is 22.9 Å². The van der Waals surface area contributed by atoms with Crippen molar-refractivity contribution in [1.82, 2.24) is 15.2 Å². The maximum absolute atomic E-state index is 12.8. The Kier molecular flexibility index (Phi) is 5.43. The van der Waals surface area contributed by atoms with Gasteiger partial charge < -0.3 is 14.8 Å². The van der Waals surface area contributed by atoms with E-state index in [0.29, 0.717) is 34.4 Å². The predicted octanol–water partition coefficient (Wildman–Crippen LogP) is 4.41. The molecule has 0 atom stereocenters. The van der Waals surface area contributed by atoms with Crippen LogP contribution in [0.1, 0.15) is 10.4 Å². The second kappa shape index (κ2) is 8.48. The summed E-state index contributed by atoms with van der Waals surface area (Å²) in [4.78, 5) is 17.3. The van der Waals surface area contributed by atoms with Gasteiger partial charge in [0.2, 0.25) is 0 Å². The average Bonchev–Trinajstić information content (AvgIpc) is 3.30. The van der Waals surface area contributed by atoms with Crippen molar-refractivity contribution in [3.05, 3.63) is 78.4 Å². The van der Waals surface area contributed by atoms with E-state index in [0.717, 1.165) is 11.1 Å². The van der Waals surface area contributed by atoms with Crippen LogP contribution in [0.5, 0.6) is 11.5 Å². The molecular weight excluding hydrogens is 380 g/mol. The number of ether oxygens (including phenoxy) is 2. The quantitative estimate of drug-likeness (QED) is 0.500. The lowest BCUT2D eigenvalue weighted by atomic mass is 10.1. The standard InChI is InChI=1S/C23H20N4O3/c1-29-18-11-12-19(20(14-18)30-2)23(28)24-17-10-6-9-16(13-17)22-25-21(26-27-22)15-7-4-3-5-8-15/h3-14H,1-2H3,(H,24,28)(H,25,26,27). The van der Waals surface area contributed by atoms with Crippen molar-refractivity contribution in [2.75, 3.05) is 19.5 Å². The smallest absolute Gasteiger partial charge is 0.259 e. The van der Waals surface area contributed by atoms with Gasteiger partial charge in [-0.25, -0.2) is 4.98 Å². The molecule has 1 aromatic heterocycles. The third-order valence-corrected chi connectivity index (χ3v) is 4.56. The molecule has 2 N–H and O–H groups in total. The van der Waals surface area contributed by atoms with Crippen molar-refractivity contribution in [1.29, 1.82) is 0 Å². The molecule has 1 heterocycles. The minimum Gasteiger partial charge on any atom is -0.497 e. The number of hydrogen-bond acceptors (Lipinski definition) is 5. The lowest BCUT2D eigenvalue weighted by molar-refractivity contribution is 0.102. The van der Waals surface area contributed by atoms with Crippen LogP contribution in [0.3, 0.4) is 0 Å². The van der Waals surface area contributed by atoms with E-state index in [4.69, 9.17) is 9.47 Å². The van der Waals surface area contributed by atoms with E-state index in [9.17, 15) is 4.79 Å². The first-order valence-electron chi connectivity index (χ1n) is 9.29. The van der Waals surface area contributed by atoms with Gasteiger partial charge >= 0.3 is 0 Å². The number of H-pyrrole nitrogens is 1. The summed E-state index contributed by atoms with van der Waals surface area (Å²) in [5.41, 5.74) is 2.77. The first-order chi connectivity index (χ1) is 14.7. The van der Waals surface area contributed by atoms with Gasteiger partial charge in [-0.2, -0.15) is 5.10 Å². The number of rotatable bonds is 6. The lowest BCUT2D eigenvalue weighted by Gasteiger charge is -2.11. The van der Waals surface area contributed by atoms with Gasteiger partial charge in [0.15, 0.2) is 11.6 Å². The monoisotopic (exact) mass is 400 g/mol. The van der Waals surface area contributed by atoms with Crippen molar-refractivity contribution >= 4 is 11.6 Å². The second-order valence-corrected chi connectivity index (χ2v) is 6.47. The third-order valence-electron chi connectivity index (χ3n) is 4.56. The van der Waals surface area contributed by atoms with Crippen molar-refractivity contribution in [3.8, 4) is 34.3 Å². The summed E-state index contributed by atoms with van der Waals surface area (Å²) in [6.45, 7) is 0. The van der Waals surface area contributed by atoms with Crippen molar-refractivity contribution < 1.29 is 14.3 Å². The molecule has 0 saturated carbocycles. The van der Waals surface area contributed by atoms with Crippen molar-refractivity contribution in [2.45, 2.75) is 0 Å². The van der Waals surface area contributed by atoms with Crippen LogP contribution in [0, 0.1) is 0 Å². The molecule has 0 bridgehead atoms. The largest absolute Gasteiger partial charge is 0.497 e. The van der Waals surface area contributed by atoms with E-state index in [2.05, 4.69) is 20.5 Å². The van der Waals surface area contributed by atoms with Gasteiger partial charge in [0.1, 0.15) is 11.5 Å². The maximum Gasteiger partial charge on any atom is 0.259 e. The normalized spacial score (nSPS) is 10.5. The van der Waals surface area contributed by atoms with Crippen LogP contribution in [-0.4, -0.2) is 35.3 Å². The van der Waals surface area contributed by atoms with Gasteiger partial charge in [-0.15, -0.1) is 0 Å². The van der Waals surface area contributed by atoms with Gasteiger partial charge in [-0.05, 0) is 24.3 Å². The highest BCUT2D eigenvalue weighted by Crippen LogP contribution is 2.27. The molecule has 0 aliphatic rings. The molecule has 1 amide bonds. The van der Waals surface area contributed by atoms with Crippen LogP contribution in [-0.2, 0) is 0 Å². The number of nitrogens with zero attached hydrogens (tertiary/aromatic N) is 2. The zero-order valence-electron chi connectivity index (χ0n) is 16.5. The highest BCUT2D eigenvalue weighted by atomic mass is 16.5. The number of nitrogens with one attached hydrogen (secondary N) is 2. The Labute approximate surface area is 173 Å². The van der Waals surface area contributed by atoms with Gasteiger partial charge in [-0.1, -0.05) is 42.5 Å². The van der Waals surface area contributed by atoms with Crippen LogP contribution in [0.2, 0.25) is 0 Å². The molecule has 3 aromatic carbocycles. The minimum atomic E-state index is -0.286. The Morgan fingerprint density at radius 2 is 1.70 bits per heavy atom. The van der Waals surface area contributed by atoms with Crippen LogP contribution >= 0.6 is 0 Å². The zero-order chi connectivity index (χ0) is 20.9. The predicted molar refractivity (Wildman–Crippen MR) is 115 cm³/mol. The fourth-order valence-corrected chi connectivity index (χ4v) is 3.04. The Balaban J connectivity index is 1.56. The highest BCUT2D eigenvalue weighted by Gasteiger charge is 2.14. The van der Waals surface area contributed by atoms with E-state index in [1.54, 1.807) is 25.3 Å². The van der Waals surface area contributed by atoms with E-state index < -0.39 is 0 Å². The number of aromatic nitrogens is 3. The summed E-state index contributed by atoms with van der Waals surface area (Å²) < 4.78 is 10.5. The zero-order valence-corrected chi connectivity index (χ0v) is 16.5. The summed E-state index contributed by atoms with van der Waals surface area (Å²) >= 11 is 0. The van der Waals surface area contributed by atoms with Gasteiger partial charge in [0.05, 0.1) is 19.8 Å². The first-order valence-corrected chi connectivity index (χ1v) is 9.29. The SMILES string of the molecule is COc1ccc(C(=O)Nc2cccc(-c3n[nH]c(-c4ccccc4)n3)c2)c(OC)c1. The van der Waals surface area contributed by atoms with E-state index in [1.165, 1.54) is 7.11 Å². The fraction of sp³-hybridized carbons (Fsp3) is 0.0870. The molecule has 30 heavy (non-hydrogen) atoms. The van der Waals surface area contributed by atoms with Crippen molar-refractivity contribution in [3.63, 3.8) is 0 Å². The summed E-state index contributed by atoms with van der Waals surface area (Å²) in [6.07, 6.45) is 0. The maximum atomic E-state index is 12.8. The number of amides is 1. The van der Waals surface area contributed by atoms with Crippen LogP contribution in [0.25, 0.3) is 22.8 Å². The molecule has 4 aromatic rings. The minimum absolute atomic E-state index is 0.286. The molecule has 7 heteroatoms. The lowest BCUT2D eigenvalue weighted by Crippen LogP contribution is -2.13. The topological polar surface area (TPSA) is 89.1 Å². The highest BCUT2D eigenvalue weighted by molar-refractivity contribution is 6.06. The van der Waals surface area contributed by atoms with Crippen LogP contribution in [0.15, 0.2) is 72.8 Å². The number of hydrogen-bond donors (Lipinski definition) is 2. The van der Waals surface area contributed by atoms with Gasteiger partial charge in [-0.3, -0.25) is 9.89 Å². The molecule has 0 spiro atoms. The Hall–Kier alpha value is -4.13. The Bertz CT molecular complexity index is 1170. The summed E-state index contributed by atoms with van der Waals surface area (Å²) in [6, 6.07) is 22.2. The molecule has 0 saturated heterocycles. The van der Waals surface area contributed by atoms with Gasteiger partial charge in [0.25, 0.3) is 5.91 Å². The molecule has 0 radical (unpaired) electrons. The number of carbonyl (C=O) groups excluding carboxylic acids is 1. The number of methoxy groups -OCH3 is 2. The molecule has 4 rings (SSSR count). The van der Waals surface area contributed by atoms with Crippen LogP contribution < -0.4 is 14.8 Å². The molecule has 0 aliphatic heterocycles. The van der Waals surface area contributed by atoms with E-state index >= 15 is 0 Å². The molecule has 0 unspecified atom stereocenters. The fourth-order valence-electron chi connectivity index (χ4n) is 3.04. The summed E-state index contributed by atoms with van der Waals surface area (Å²) in [5.74, 6) is 2.00. The van der Waals surface area contributed by atoms with Crippen molar-refractivity contribution in [2.24, 2.45) is 0 Å². The number of anilines is 1. The number of carbonyl (C=O) groups is 1. The Morgan fingerprint density at radius 1 is 0.900 bits per heavy atom. The first kappa shape index (κ1) is 19.2. The molecule has 150 valence electrons. The molecule has 7 nitrogen and oxygen atoms in total. The Morgan fingerprint density at radius 3 is 2.47 bits per heavy atom. The summed E-state index contributed by atoms with van der Waals surface area (Å²) in [5, 5.41) is 10.2. The summed E-state index contributed by atoms with van der Waals surface area (Å²) in [7, 11) is 3.08.